The number of aromatic nitrogens is 8. The fourth-order valence-electron chi connectivity index (χ4n) is 13.1. The third kappa shape index (κ3) is 15.7. The number of amides is 2. The van der Waals surface area contributed by atoms with Crippen molar-refractivity contribution in [3.8, 4) is 56.9 Å². The number of carboxylic acid groups (broad SMARTS) is 1. The molecule has 10 aromatic rings. The van der Waals surface area contributed by atoms with Crippen molar-refractivity contribution in [1.29, 1.82) is 10.5 Å². The zero-order chi connectivity index (χ0) is 72.1. The molecule has 4 aliphatic rings. The molecule has 1 saturated carbocycles. The highest BCUT2D eigenvalue weighted by molar-refractivity contribution is 7.17. The summed E-state index contributed by atoms with van der Waals surface area (Å²) in [6, 6.07) is 32.0. The number of nitriles is 2. The van der Waals surface area contributed by atoms with Gasteiger partial charge >= 0.3 is 12.1 Å². The van der Waals surface area contributed by atoms with E-state index < -0.39 is 29.8 Å². The van der Waals surface area contributed by atoms with Crippen LogP contribution in [0.2, 0.25) is 0 Å². The van der Waals surface area contributed by atoms with Gasteiger partial charge in [0.25, 0.3) is 0 Å². The maximum Gasteiger partial charge on any atom is 0.411 e. The van der Waals surface area contributed by atoms with Crippen LogP contribution in [0, 0.1) is 40.2 Å². The number of nitrogens with one attached hydrogen (secondary N) is 1. The van der Waals surface area contributed by atoms with E-state index in [0.29, 0.717) is 74.9 Å². The molecule has 24 nitrogen and oxygen atoms in total. The molecule has 4 fully saturated rings. The van der Waals surface area contributed by atoms with Crippen molar-refractivity contribution in [2.75, 3.05) is 92.6 Å². The number of carboxylic acids is 1. The van der Waals surface area contributed by atoms with Crippen LogP contribution in [0.25, 0.3) is 56.1 Å². The number of hydrogen-bond acceptors (Lipinski definition) is 21. The summed E-state index contributed by atoms with van der Waals surface area (Å²) in [6.45, 7) is 15.8. The van der Waals surface area contributed by atoms with E-state index in [1.54, 1.807) is 45.0 Å². The Morgan fingerprint density at radius 1 is 0.618 bits per heavy atom. The summed E-state index contributed by atoms with van der Waals surface area (Å²) >= 11 is 2.60. The van der Waals surface area contributed by atoms with Gasteiger partial charge < -0.3 is 49.9 Å². The highest BCUT2D eigenvalue weighted by Crippen LogP contribution is 2.40. The average molecular weight is 1420 g/mol. The van der Waals surface area contributed by atoms with E-state index in [2.05, 4.69) is 76.0 Å². The number of aliphatic hydroxyl groups is 2. The fourth-order valence-corrected chi connectivity index (χ4v) is 14.8. The van der Waals surface area contributed by atoms with Gasteiger partial charge in [0, 0.05) is 137 Å². The van der Waals surface area contributed by atoms with Crippen molar-refractivity contribution in [2.24, 2.45) is 5.92 Å². The van der Waals surface area contributed by atoms with Gasteiger partial charge in [0.15, 0.2) is 10.3 Å². The van der Waals surface area contributed by atoms with E-state index >= 15 is 0 Å². The molecular formula is C74H79F2N17O7S2. The molecule has 3 saturated heterocycles. The Bertz CT molecular complexity index is 4740. The topological polar surface area (TPSA) is 286 Å². The van der Waals surface area contributed by atoms with Crippen molar-refractivity contribution in [2.45, 2.75) is 97.0 Å². The predicted molar refractivity (Wildman–Crippen MR) is 388 cm³/mol. The smallest absolute Gasteiger partial charge is 0.411 e. The Morgan fingerprint density at radius 2 is 1.08 bits per heavy atom. The number of benzene rings is 2. The van der Waals surface area contributed by atoms with Crippen LogP contribution >= 0.6 is 22.7 Å². The second-order valence-electron chi connectivity index (χ2n) is 26.4. The highest BCUT2D eigenvalue weighted by Gasteiger charge is 2.41. The first-order valence-corrected chi connectivity index (χ1v) is 35.6. The predicted octanol–water partition coefficient (Wildman–Crippen LogP) is 11.4. The summed E-state index contributed by atoms with van der Waals surface area (Å²) in [5.41, 5.74) is 9.25. The van der Waals surface area contributed by atoms with Crippen LogP contribution in [0.15, 0.2) is 122 Å². The number of ether oxygens (including phenoxy) is 1. The van der Waals surface area contributed by atoms with Crippen LogP contribution in [0.3, 0.4) is 0 Å². The van der Waals surface area contributed by atoms with Crippen LogP contribution in [0.1, 0.15) is 81.4 Å². The molecule has 102 heavy (non-hydrogen) atoms. The van der Waals surface area contributed by atoms with Gasteiger partial charge in [-0.15, -0.1) is 0 Å². The molecule has 3 aliphatic heterocycles. The Labute approximate surface area is 597 Å². The summed E-state index contributed by atoms with van der Waals surface area (Å²) in [6.07, 6.45) is 9.65. The number of fused-ring (bicyclic) bond motifs is 2. The van der Waals surface area contributed by atoms with Crippen molar-refractivity contribution in [1.82, 2.24) is 53.8 Å². The first-order valence-electron chi connectivity index (χ1n) is 33.9. The second-order valence-corrected chi connectivity index (χ2v) is 28.3. The number of carbonyl (C=O) groups is 3. The van der Waals surface area contributed by atoms with Crippen LogP contribution in [-0.2, 0) is 27.2 Å². The number of carbonyl (C=O) groups excluding carboxylic acids is 2. The minimum Gasteiger partial charge on any atom is -0.480 e. The number of pyridine rings is 4. The maximum absolute atomic E-state index is 13.6. The molecule has 28 heteroatoms. The Hall–Kier alpha value is -10.5. The molecule has 0 bridgehead atoms. The largest absolute Gasteiger partial charge is 0.480 e. The van der Waals surface area contributed by atoms with Crippen molar-refractivity contribution < 1.29 is 43.2 Å². The van der Waals surface area contributed by atoms with Gasteiger partial charge in [0.1, 0.15) is 91.1 Å². The van der Waals surface area contributed by atoms with Crippen LogP contribution < -0.4 is 24.9 Å². The van der Waals surface area contributed by atoms with E-state index in [0.717, 1.165) is 125 Å². The van der Waals surface area contributed by atoms with Gasteiger partial charge in [-0.25, -0.2) is 48.3 Å². The molecule has 0 spiro atoms. The molecule has 8 aromatic heterocycles. The molecule has 2 amide bonds. The number of aliphatic carboxylic acids is 1. The third-order valence-electron chi connectivity index (χ3n) is 18.3. The van der Waals surface area contributed by atoms with Gasteiger partial charge in [-0.2, -0.15) is 10.5 Å². The first-order chi connectivity index (χ1) is 49.1. The summed E-state index contributed by atoms with van der Waals surface area (Å²) in [4.78, 5) is 76.7. The lowest BCUT2D eigenvalue weighted by atomic mass is 10.1. The molecule has 14 rings (SSSR count). The minimum absolute atomic E-state index is 0.00583. The van der Waals surface area contributed by atoms with Crippen LogP contribution in [-0.4, -0.2) is 179 Å². The fraction of sp³-hybridized carbons (Fsp3) is 0.365. The molecule has 528 valence electrons. The Balaban J connectivity index is 0.000000161. The first kappa shape index (κ1) is 71.3. The SMILES string of the molecule is CC(C)(C)OC(=O)N1C[C@H](O)C[C@H]1C(=O)O.CCc1nc2ccc(-c3ccc(N4CCN(C(=O)[C@H]5CC[C@H](O)C5)CC4)nc3)cn2c1N(C)c1nc(-c2ccc(F)cc2)c(C#N)s1.CCc1nc2ccc(-c3ccc(N4CCNCC4)nc3)cn2c1N(C)c1nc(-c2ccc(F)cc2)c(C#N)s1. The molecular weight excluding hydrogens is 1340 g/mol. The number of rotatable bonds is 14. The number of nitrogens with zero attached hydrogens (tertiary/aromatic N) is 16. The van der Waals surface area contributed by atoms with Gasteiger partial charge in [-0.05, 0) is 150 Å². The number of imidazole rings is 2. The lowest BCUT2D eigenvalue weighted by molar-refractivity contribution is -0.142. The number of hydrogen-bond donors (Lipinski definition) is 4. The van der Waals surface area contributed by atoms with Crippen LogP contribution in [0.5, 0.6) is 0 Å². The number of halogens is 2. The van der Waals surface area contributed by atoms with E-state index in [4.69, 9.17) is 39.7 Å². The molecule has 2 aromatic carbocycles. The lowest BCUT2D eigenvalue weighted by Crippen LogP contribution is -2.50. The molecule has 4 N–H and O–H groups in total. The normalized spacial score (nSPS) is 17.5. The van der Waals surface area contributed by atoms with E-state index in [1.807, 2.05) is 76.1 Å². The minimum atomic E-state index is -1.12. The highest BCUT2D eigenvalue weighted by atomic mass is 32.1. The van der Waals surface area contributed by atoms with Crippen molar-refractivity contribution in [3.63, 3.8) is 0 Å². The molecule has 11 heterocycles. The Kier molecular flexibility index (Phi) is 21.5. The number of likely N-dealkylation sites (tertiary alicyclic amines) is 1. The van der Waals surface area contributed by atoms with Crippen molar-refractivity contribution in [3.05, 3.63) is 155 Å². The molecule has 1 aliphatic carbocycles. The Morgan fingerprint density at radius 3 is 1.49 bits per heavy atom. The van der Waals surface area contributed by atoms with Gasteiger partial charge in [0.2, 0.25) is 5.91 Å². The number of thiazole rings is 2. The third-order valence-corrected chi connectivity index (χ3v) is 20.4. The number of anilines is 6. The van der Waals surface area contributed by atoms with Crippen molar-refractivity contribution >= 4 is 85.5 Å². The molecule has 4 atom stereocenters. The van der Waals surface area contributed by atoms with Gasteiger partial charge in [-0.1, -0.05) is 36.5 Å². The quantitative estimate of drug-likeness (QED) is 0.0787. The van der Waals surface area contributed by atoms with E-state index in [9.17, 15) is 43.9 Å². The number of aliphatic hydroxyl groups excluding tert-OH is 2. The summed E-state index contributed by atoms with van der Waals surface area (Å²) in [5.74, 6) is 1.95. The van der Waals surface area contributed by atoms with Crippen LogP contribution in [0.4, 0.5) is 47.1 Å². The summed E-state index contributed by atoms with van der Waals surface area (Å²) in [7, 11) is 3.86. The number of aryl methyl sites for hydroxylation is 2. The van der Waals surface area contributed by atoms with E-state index in [1.165, 1.54) is 46.9 Å². The summed E-state index contributed by atoms with van der Waals surface area (Å²) < 4.78 is 36.2. The van der Waals surface area contributed by atoms with Gasteiger partial charge in [-0.3, -0.25) is 18.5 Å². The zero-order valence-electron chi connectivity index (χ0n) is 57.7. The number of β-amino-alcohol motifs (C(OH)–C–C–N with tert-alkyl or cyclic N) is 1. The molecule has 0 radical (unpaired) electrons. The molecule has 0 unspecified atom stereocenters. The summed E-state index contributed by atoms with van der Waals surface area (Å²) in [5, 5.41) is 52.4. The second kappa shape index (κ2) is 30.8. The standard InChI is InChI=1S/C35H35FN8O2S.C29H27FN8S.C10H17NO5/c1-3-28-33(41(2)35-40-32(29(19-37)47-35)22-4-9-26(36)10-5-22)44-21-25(8-13-31(44)39-28)24-7-12-30(38-20-24)42-14-16-43(17-15-42)34(46)23-6-11-27(45)18-23;1-3-23-28(36(2)29-35-27(24(16-31)39-29)19-4-8-22(30)9-5-19)38-18-21(7-11-26(38)34-23)20-6-10-25(33-17-20)37-14-12-32-13-15-37;1-10(2,3)16-9(15)11-5-6(12)4-7(11)8(13)14/h4-5,7-10,12-13,20-21,23,27,45H,3,6,11,14-18H2,1-2H3;4-11,17-18,32H,3,12-15H2,1-2H3;6-7,12H,4-5H2,1-3H3,(H,13,14)/t23-,27-;;6-,7+/m0.1/s1. The maximum atomic E-state index is 13.6. The van der Waals surface area contributed by atoms with Gasteiger partial charge in [0.05, 0.1) is 30.1 Å². The zero-order valence-corrected chi connectivity index (χ0v) is 59.3. The average Bonchev–Trinajstić information content (AvgIpc) is 1.61. The lowest BCUT2D eigenvalue weighted by Gasteiger charge is -2.36. The monoisotopic (exact) mass is 1420 g/mol. The van der Waals surface area contributed by atoms with E-state index in [-0.39, 0.29) is 42.5 Å². The number of piperazine rings is 2.